The number of fused-ring (bicyclic) bond motifs is 1. The molecule has 1 heterocycles. The molecule has 4 heteroatoms. The van der Waals surface area contributed by atoms with Gasteiger partial charge < -0.3 is 11.1 Å². The molecule has 3 N–H and O–H groups in total. The first-order chi connectivity index (χ1) is 11.1. The average molecular weight is 315 g/mol. The zero-order valence-corrected chi connectivity index (χ0v) is 14.2. The van der Waals surface area contributed by atoms with Gasteiger partial charge in [0.2, 0.25) is 5.91 Å². The number of nitrogens with zero attached hydrogens (tertiary/aromatic N) is 1. The Balaban J connectivity index is 1.46. The van der Waals surface area contributed by atoms with Crippen LogP contribution in [0, 0.1) is 5.92 Å². The lowest BCUT2D eigenvalue weighted by Crippen LogP contribution is -2.53. The molecule has 0 saturated heterocycles. The Morgan fingerprint density at radius 1 is 1.35 bits per heavy atom. The van der Waals surface area contributed by atoms with Crippen molar-refractivity contribution in [3.8, 4) is 0 Å². The Morgan fingerprint density at radius 2 is 2.13 bits per heavy atom. The predicted octanol–water partition coefficient (Wildman–Crippen LogP) is 2.07. The first kappa shape index (κ1) is 16.5. The van der Waals surface area contributed by atoms with E-state index in [-0.39, 0.29) is 17.4 Å². The Hall–Kier alpha value is -1.39. The molecule has 1 amide bonds. The number of nitrogens with one attached hydrogen (secondary N) is 1. The number of benzene rings is 1. The third kappa shape index (κ3) is 3.93. The summed E-state index contributed by atoms with van der Waals surface area (Å²) in [6, 6.07) is 8.65. The molecular weight excluding hydrogens is 286 g/mol. The molecule has 0 aromatic heterocycles. The van der Waals surface area contributed by atoms with Gasteiger partial charge in [0.25, 0.3) is 0 Å². The van der Waals surface area contributed by atoms with Crippen molar-refractivity contribution in [1.29, 1.82) is 0 Å². The van der Waals surface area contributed by atoms with Gasteiger partial charge in [-0.15, -0.1) is 0 Å². The normalized spacial score (nSPS) is 28.2. The minimum atomic E-state index is -0.341. The number of carbonyl (C=O) groups is 1. The van der Waals surface area contributed by atoms with E-state index in [1.807, 2.05) is 6.92 Å². The fourth-order valence-corrected chi connectivity index (χ4v) is 3.99. The van der Waals surface area contributed by atoms with Crippen molar-refractivity contribution >= 4 is 5.91 Å². The fourth-order valence-electron chi connectivity index (χ4n) is 3.99. The van der Waals surface area contributed by atoms with Gasteiger partial charge in [0.1, 0.15) is 0 Å². The smallest absolute Gasteiger partial charge is 0.225 e. The lowest BCUT2D eigenvalue weighted by molar-refractivity contribution is -0.128. The summed E-state index contributed by atoms with van der Waals surface area (Å²) in [6.45, 7) is 5.72. The summed E-state index contributed by atoms with van der Waals surface area (Å²) in [4.78, 5) is 14.9. The van der Waals surface area contributed by atoms with Crippen molar-refractivity contribution in [2.75, 3.05) is 19.6 Å². The van der Waals surface area contributed by atoms with E-state index in [1.54, 1.807) is 0 Å². The Morgan fingerprint density at radius 3 is 2.91 bits per heavy atom. The number of nitrogens with two attached hydrogens (primary N) is 1. The molecule has 0 bridgehead atoms. The highest BCUT2D eigenvalue weighted by atomic mass is 16.1. The topological polar surface area (TPSA) is 58.4 Å². The lowest BCUT2D eigenvalue weighted by Gasteiger charge is -2.37. The van der Waals surface area contributed by atoms with Crippen molar-refractivity contribution < 1.29 is 4.79 Å². The highest BCUT2D eigenvalue weighted by Crippen LogP contribution is 2.31. The molecule has 1 aromatic rings. The molecule has 3 rings (SSSR count). The zero-order chi connectivity index (χ0) is 16.3. The molecule has 2 aliphatic rings. The molecule has 1 aliphatic carbocycles. The Labute approximate surface area is 139 Å². The average Bonchev–Trinajstić information content (AvgIpc) is 2.54. The highest BCUT2D eigenvalue weighted by Gasteiger charge is 2.37. The third-order valence-electron chi connectivity index (χ3n) is 5.51. The number of rotatable bonds is 4. The first-order valence-corrected chi connectivity index (χ1v) is 8.92. The van der Waals surface area contributed by atoms with Gasteiger partial charge in [0, 0.05) is 31.7 Å². The summed E-state index contributed by atoms with van der Waals surface area (Å²) in [6.07, 6.45) is 5.25. The van der Waals surface area contributed by atoms with E-state index >= 15 is 0 Å². The van der Waals surface area contributed by atoms with Gasteiger partial charge in [-0.1, -0.05) is 37.1 Å². The van der Waals surface area contributed by atoms with Crippen molar-refractivity contribution in [2.45, 2.75) is 51.1 Å². The number of carbonyl (C=O) groups excluding carboxylic acids is 1. The lowest BCUT2D eigenvalue weighted by atomic mass is 9.74. The number of amides is 1. The third-order valence-corrected chi connectivity index (χ3v) is 5.51. The maximum atomic E-state index is 12.4. The standard InChI is InChI=1S/C19H29N3O/c1-19(20)10-5-4-8-17(19)18(23)21-11-13-22-12-9-15-6-2-3-7-16(15)14-22/h2-3,6-7,17H,4-5,8-14,20H2,1H3,(H,21,23). The predicted molar refractivity (Wildman–Crippen MR) is 93.0 cm³/mol. The summed E-state index contributed by atoms with van der Waals surface area (Å²) in [5, 5.41) is 3.12. The number of hydrogen-bond donors (Lipinski definition) is 2. The first-order valence-electron chi connectivity index (χ1n) is 8.92. The molecule has 1 fully saturated rings. The fraction of sp³-hybridized carbons (Fsp3) is 0.632. The largest absolute Gasteiger partial charge is 0.355 e. The molecule has 0 radical (unpaired) electrons. The molecule has 1 saturated carbocycles. The van der Waals surface area contributed by atoms with E-state index in [0.717, 1.165) is 51.7 Å². The van der Waals surface area contributed by atoms with Crippen LogP contribution in [0.4, 0.5) is 0 Å². The van der Waals surface area contributed by atoms with Gasteiger partial charge in [-0.3, -0.25) is 9.69 Å². The quantitative estimate of drug-likeness (QED) is 0.894. The molecule has 23 heavy (non-hydrogen) atoms. The van der Waals surface area contributed by atoms with Crippen LogP contribution in [0.2, 0.25) is 0 Å². The van der Waals surface area contributed by atoms with Crippen LogP contribution in [-0.4, -0.2) is 36.0 Å². The molecule has 0 spiro atoms. The second kappa shape index (κ2) is 7.02. The van der Waals surface area contributed by atoms with Gasteiger partial charge in [-0.25, -0.2) is 0 Å². The Bertz CT molecular complexity index is 555. The molecule has 4 nitrogen and oxygen atoms in total. The SMILES string of the molecule is CC1(N)CCCCC1C(=O)NCCN1CCc2ccccc2C1. The zero-order valence-electron chi connectivity index (χ0n) is 14.2. The van der Waals surface area contributed by atoms with Crippen LogP contribution in [0.5, 0.6) is 0 Å². The van der Waals surface area contributed by atoms with Crippen LogP contribution >= 0.6 is 0 Å². The van der Waals surface area contributed by atoms with E-state index in [9.17, 15) is 4.79 Å². The highest BCUT2D eigenvalue weighted by molar-refractivity contribution is 5.80. The van der Waals surface area contributed by atoms with Gasteiger partial charge in [-0.05, 0) is 37.3 Å². The second-order valence-electron chi connectivity index (χ2n) is 7.39. The summed E-state index contributed by atoms with van der Waals surface area (Å²) in [5.41, 5.74) is 8.87. The minimum absolute atomic E-state index is 0.0293. The Kier molecular flexibility index (Phi) is 5.02. The summed E-state index contributed by atoms with van der Waals surface area (Å²) in [5.74, 6) is 0.116. The van der Waals surface area contributed by atoms with Crippen molar-refractivity contribution in [2.24, 2.45) is 11.7 Å². The monoisotopic (exact) mass is 315 g/mol. The summed E-state index contributed by atoms with van der Waals surface area (Å²) >= 11 is 0. The maximum absolute atomic E-state index is 12.4. The maximum Gasteiger partial charge on any atom is 0.225 e. The van der Waals surface area contributed by atoms with Crippen molar-refractivity contribution in [1.82, 2.24) is 10.2 Å². The van der Waals surface area contributed by atoms with Crippen molar-refractivity contribution in [3.63, 3.8) is 0 Å². The van der Waals surface area contributed by atoms with Gasteiger partial charge in [0.05, 0.1) is 5.92 Å². The van der Waals surface area contributed by atoms with E-state index in [1.165, 1.54) is 11.1 Å². The van der Waals surface area contributed by atoms with Crippen molar-refractivity contribution in [3.05, 3.63) is 35.4 Å². The van der Waals surface area contributed by atoms with Crippen LogP contribution in [0.1, 0.15) is 43.7 Å². The second-order valence-corrected chi connectivity index (χ2v) is 7.39. The van der Waals surface area contributed by atoms with Gasteiger partial charge in [0.15, 0.2) is 0 Å². The van der Waals surface area contributed by atoms with Crippen LogP contribution in [0.25, 0.3) is 0 Å². The van der Waals surface area contributed by atoms with Crippen LogP contribution in [0.15, 0.2) is 24.3 Å². The van der Waals surface area contributed by atoms with E-state index in [2.05, 4.69) is 34.5 Å². The van der Waals surface area contributed by atoms with E-state index in [0.29, 0.717) is 6.54 Å². The molecule has 2 unspecified atom stereocenters. The molecule has 126 valence electrons. The van der Waals surface area contributed by atoms with Gasteiger partial charge >= 0.3 is 0 Å². The summed E-state index contributed by atoms with van der Waals surface area (Å²) in [7, 11) is 0. The van der Waals surface area contributed by atoms with Crippen LogP contribution < -0.4 is 11.1 Å². The minimum Gasteiger partial charge on any atom is -0.355 e. The van der Waals surface area contributed by atoms with Gasteiger partial charge in [-0.2, -0.15) is 0 Å². The van der Waals surface area contributed by atoms with Crippen LogP contribution in [-0.2, 0) is 17.8 Å². The molecular formula is C19H29N3O. The van der Waals surface area contributed by atoms with Crippen LogP contribution in [0.3, 0.4) is 0 Å². The summed E-state index contributed by atoms with van der Waals surface area (Å²) < 4.78 is 0. The van der Waals surface area contributed by atoms with E-state index < -0.39 is 0 Å². The number of hydrogen-bond acceptors (Lipinski definition) is 3. The molecule has 1 aliphatic heterocycles. The molecule has 2 atom stereocenters. The van der Waals surface area contributed by atoms with E-state index in [4.69, 9.17) is 5.73 Å². The molecule has 1 aromatic carbocycles.